The summed E-state index contributed by atoms with van der Waals surface area (Å²) in [4.78, 5) is 22.7. The van der Waals surface area contributed by atoms with Gasteiger partial charge >= 0.3 is 7.82 Å². The molecule has 0 saturated heterocycles. The Morgan fingerprint density at radius 1 is 0.630 bits per heavy atom. The molecule has 9 nitrogen and oxygen atoms in total. The van der Waals surface area contributed by atoms with Gasteiger partial charge in [0, 0.05) is 6.54 Å². The van der Waals surface area contributed by atoms with Crippen molar-refractivity contribution in [3.05, 3.63) is 12.2 Å². The maximum absolute atomic E-state index is 12.8. The highest BCUT2D eigenvalue weighted by molar-refractivity contribution is 7.47. The van der Waals surface area contributed by atoms with Gasteiger partial charge in [-0.1, -0.05) is 212 Å². The van der Waals surface area contributed by atoms with Gasteiger partial charge < -0.3 is 26.2 Å². The zero-order valence-corrected chi connectivity index (χ0v) is 36.2. The molecule has 0 aromatic heterocycles. The Bertz CT molecular complexity index is 878. The summed E-state index contributed by atoms with van der Waals surface area (Å²) in [7, 11) is -4.39. The Morgan fingerprint density at radius 3 is 1.43 bits per heavy atom. The Morgan fingerprint density at radius 2 is 1.02 bits per heavy atom. The SMILES string of the molecule is CCCCCCCCCCC/C=C/C(O)C(COP(=O)(O)OCCN)NC(=O)CC(O)CCCCCCCCCCCCCCCCCCCCCCC. The van der Waals surface area contributed by atoms with Crippen LogP contribution in [0.1, 0.15) is 226 Å². The second-order valence-electron chi connectivity index (χ2n) is 15.8. The van der Waals surface area contributed by atoms with Gasteiger partial charge in [0.25, 0.3) is 0 Å². The number of phosphoric acid groups is 1. The molecule has 0 aromatic rings. The van der Waals surface area contributed by atoms with Crippen LogP contribution in [0.4, 0.5) is 0 Å². The molecular weight excluding hydrogens is 699 g/mol. The minimum atomic E-state index is -4.39. The van der Waals surface area contributed by atoms with Gasteiger partial charge in [0.05, 0.1) is 37.9 Å². The van der Waals surface area contributed by atoms with E-state index in [2.05, 4.69) is 19.2 Å². The number of hydrogen-bond acceptors (Lipinski definition) is 7. The van der Waals surface area contributed by atoms with Crippen LogP contribution in [-0.2, 0) is 18.4 Å². The van der Waals surface area contributed by atoms with Crippen LogP contribution in [0.25, 0.3) is 0 Å². The van der Waals surface area contributed by atoms with Crippen LogP contribution in [0.15, 0.2) is 12.2 Å². The average Bonchev–Trinajstić information content (AvgIpc) is 3.15. The van der Waals surface area contributed by atoms with Gasteiger partial charge in [-0.25, -0.2) is 4.57 Å². The van der Waals surface area contributed by atoms with Crippen molar-refractivity contribution in [2.24, 2.45) is 5.73 Å². The molecule has 1 amide bonds. The monoisotopic (exact) mass is 789 g/mol. The third-order valence-corrected chi connectivity index (χ3v) is 11.4. The van der Waals surface area contributed by atoms with Crippen LogP contribution < -0.4 is 11.1 Å². The minimum Gasteiger partial charge on any atom is -0.393 e. The van der Waals surface area contributed by atoms with Crippen molar-refractivity contribution in [2.45, 2.75) is 244 Å². The van der Waals surface area contributed by atoms with E-state index >= 15 is 0 Å². The van der Waals surface area contributed by atoms with Crippen molar-refractivity contribution in [1.82, 2.24) is 5.32 Å². The van der Waals surface area contributed by atoms with Crippen molar-refractivity contribution in [1.29, 1.82) is 0 Å². The normalized spacial score (nSPS) is 14.7. The van der Waals surface area contributed by atoms with Crippen molar-refractivity contribution in [3.63, 3.8) is 0 Å². The molecule has 0 aliphatic heterocycles. The summed E-state index contributed by atoms with van der Waals surface area (Å²) in [5, 5.41) is 24.0. The zero-order valence-electron chi connectivity index (χ0n) is 35.3. The quantitative estimate of drug-likeness (QED) is 0.0233. The van der Waals surface area contributed by atoms with Crippen LogP contribution in [0.2, 0.25) is 0 Å². The van der Waals surface area contributed by atoms with Gasteiger partial charge in [-0.05, 0) is 19.3 Å². The summed E-state index contributed by atoms with van der Waals surface area (Å²) < 4.78 is 22.0. The molecule has 0 radical (unpaired) electrons. The van der Waals surface area contributed by atoms with Gasteiger partial charge in [0.2, 0.25) is 5.91 Å². The van der Waals surface area contributed by atoms with Crippen molar-refractivity contribution in [3.8, 4) is 0 Å². The molecule has 0 bridgehead atoms. The summed E-state index contributed by atoms with van der Waals surface area (Å²) in [5.74, 6) is -0.443. The summed E-state index contributed by atoms with van der Waals surface area (Å²) >= 11 is 0. The Balaban J connectivity index is 4.13. The van der Waals surface area contributed by atoms with E-state index in [9.17, 15) is 24.5 Å². The lowest BCUT2D eigenvalue weighted by Gasteiger charge is -2.24. The molecule has 6 N–H and O–H groups in total. The molecule has 0 aromatic carbocycles. The summed E-state index contributed by atoms with van der Waals surface area (Å²) in [5.41, 5.74) is 5.36. The third-order valence-electron chi connectivity index (χ3n) is 10.4. The van der Waals surface area contributed by atoms with E-state index in [0.717, 1.165) is 38.5 Å². The lowest BCUT2D eigenvalue weighted by Crippen LogP contribution is -2.46. The number of hydrogen-bond donors (Lipinski definition) is 5. The molecule has 4 unspecified atom stereocenters. The number of rotatable bonds is 43. The number of nitrogens with two attached hydrogens (primary N) is 1. The topological polar surface area (TPSA) is 151 Å². The molecule has 0 heterocycles. The Kier molecular flexibility index (Phi) is 39.8. The van der Waals surface area contributed by atoms with E-state index in [0.29, 0.717) is 6.42 Å². The number of aliphatic hydroxyl groups is 2. The molecule has 0 spiro atoms. The van der Waals surface area contributed by atoms with Crippen LogP contribution in [0.5, 0.6) is 0 Å². The predicted octanol–water partition coefficient (Wildman–Crippen LogP) is 11.8. The van der Waals surface area contributed by atoms with E-state index in [1.165, 1.54) is 161 Å². The average molecular weight is 789 g/mol. The largest absolute Gasteiger partial charge is 0.472 e. The first-order chi connectivity index (χ1) is 26.3. The number of amides is 1. The van der Waals surface area contributed by atoms with Crippen LogP contribution in [0, 0.1) is 0 Å². The Labute approximate surface area is 333 Å². The van der Waals surface area contributed by atoms with E-state index in [1.54, 1.807) is 6.08 Å². The predicted molar refractivity (Wildman–Crippen MR) is 228 cm³/mol. The first-order valence-corrected chi connectivity index (χ1v) is 24.4. The molecule has 4 atom stereocenters. The summed E-state index contributed by atoms with van der Waals surface area (Å²) in [6.45, 7) is 3.98. The van der Waals surface area contributed by atoms with Crippen LogP contribution in [0.3, 0.4) is 0 Å². The molecule has 10 heteroatoms. The molecular formula is C44H89N2O7P. The highest BCUT2D eigenvalue weighted by atomic mass is 31.2. The van der Waals surface area contributed by atoms with Crippen molar-refractivity contribution >= 4 is 13.7 Å². The fraction of sp³-hybridized carbons (Fsp3) is 0.932. The zero-order chi connectivity index (χ0) is 39.8. The molecule has 0 rings (SSSR count). The fourth-order valence-corrected chi connectivity index (χ4v) is 7.70. The van der Waals surface area contributed by atoms with E-state index < -0.39 is 38.6 Å². The third kappa shape index (κ3) is 38.1. The van der Waals surface area contributed by atoms with Gasteiger partial charge in [0.1, 0.15) is 0 Å². The fourth-order valence-electron chi connectivity index (χ4n) is 6.94. The maximum Gasteiger partial charge on any atom is 0.472 e. The lowest BCUT2D eigenvalue weighted by atomic mass is 10.0. The minimum absolute atomic E-state index is 0.0513. The summed E-state index contributed by atoms with van der Waals surface area (Å²) in [6.07, 6.45) is 41.6. The van der Waals surface area contributed by atoms with E-state index in [-0.39, 0.29) is 19.6 Å². The van der Waals surface area contributed by atoms with E-state index in [4.69, 9.17) is 14.8 Å². The van der Waals surface area contributed by atoms with Gasteiger partial charge in [0.15, 0.2) is 0 Å². The van der Waals surface area contributed by atoms with E-state index in [1.807, 2.05) is 6.08 Å². The number of nitrogens with one attached hydrogen (secondary N) is 1. The molecule has 0 aliphatic rings. The molecule has 54 heavy (non-hydrogen) atoms. The van der Waals surface area contributed by atoms with Crippen molar-refractivity contribution < 1.29 is 33.5 Å². The second-order valence-corrected chi connectivity index (χ2v) is 17.3. The molecule has 0 aliphatic carbocycles. The smallest absolute Gasteiger partial charge is 0.393 e. The van der Waals surface area contributed by atoms with Gasteiger partial charge in [-0.2, -0.15) is 0 Å². The first-order valence-electron chi connectivity index (χ1n) is 22.9. The summed E-state index contributed by atoms with van der Waals surface area (Å²) in [6, 6.07) is -0.976. The second kappa shape index (κ2) is 40.4. The number of allylic oxidation sites excluding steroid dienone is 1. The Hall–Kier alpha value is -0.800. The number of carbonyl (C=O) groups is 1. The van der Waals surface area contributed by atoms with Gasteiger partial charge in [-0.3, -0.25) is 13.8 Å². The first kappa shape index (κ1) is 53.2. The maximum atomic E-state index is 12.8. The van der Waals surface area contributed by atoms with Gasteiger partial charge in [-0.15, -0.1) is 0 Å². The number of unbranched alkanes of at least 4 members (excludes halogenated alkanes) is 29. The molecule has 0 saturated carbocycles. The highest BCUT2D eigenvalue weighted by Crippen LogP contribution is 2.43. The van der Waals surface area contributed by atoms with Crippen LogP contribution in [-0.4, -0.2) is 59.0 Å². The highest BCUT2D eigenvalue weighted by Gasteiger charge is 2.27. The number of phosphoric ester groups is 1. The number of aliphatic hydroxyl groups excluding tert-OH is 2. The van der Waals surface area contributed by atoms with Crippen LogP contribution >= 0.6 is 7.82 Å². The van der Waals surface area contributed by atoms with Crippen molar-refractivity contribution in [2.75, 3.05) is 19.8 Å². The molecule has 0 fully saturated rings. The molecule has 322 valence electrons. The lowest BCUT2D eigenvalue weighted by molar-refractivity contribution is -0.124. The standard InChI is InChI=1S/C44H89N2O7P/c1-3-5-7-9-11-13-15-16-17-18-19-20-21-22-23-24-26-27-29-31-33-35-41(47)39-44(49)46-42(40-53-54(50,51)52-38-37-45)43(48)36-34-32-30-28-25-14-12-10-8-6-4-2/h34,36,41-43,47-48H,3-33,35,37-40,45H2,1-2H3,(H,46,49)(H,50,51)/b36-34+. The number of carbonyl (C=O) groups excluding carboxylic acids is 1.